The zero-order valence-electron chi connectivity index (χ0n) is 9.50. The lowest BCUT2D eigenvalue weighted by Crippen LogP contribution is -2.12. The van der Waals surface area contributed by atoms with Gasteiger partial charge in [0.05, 0.1) is 5.69 Å². The topological polar surface area (TPSA) is 24.9 Å². The second kappa shape index (κ2) is 4.89. The lowest BCUT2D eigenvalue weighted by molar-refractivity contribution is 0.602. The first kappa shape index (κ1) is 12.1. The third kappa shape index (κ3) is 2.50. The molecule has 1 N–H and O–H groups in total. The van der Waals surface area contributed by atoms with Gasteiger partial charge in [0.25, 0.3) is 0 Å². The van der Waals surface area contributed by atoms with Gasteiger partial charge in [0.15, 0.2) is 0 Å². The number of benzene rings is 1. The van der Waals surface area contributed by atoms with Gasteiger partial charge >= 0.3 is 0 Å². The van der Waals surface area contributed by atoms with E-state index in [0.29, 0.717) is 5.01 Å². The molecule has 0 amide bonds. The molecule has 1 atom stereocenters. The first-order chi connectivity index (χ1) is 8.11. The smallest absolute Gasteiger partial charge is 0.133 e. The van der Waals surface area contributed by atoms with Gasteiger partial charge < -0.3 is 5.32 Å². The number of rotatable bonds is 3. The number of aromatic nitrogens is 1. The van der Waals surface area contributed by atoms with E-state index in [1.54, 1.807) is 0 Å². The van der Waals surface area contributed by atoms with Gasteiger partial charge in [-0.2, -0.15) is 0 Å². The number of nitrogens with one attached hydrogen (secondary N) is 1. The Hall–Kier alpha value is -1.33. The molecule has 5 heteroatoms. The van der Waals surface area contributed by atoms with E-state index < -0.39 is 11.6 Å². The van der Waals surface area contributed by atoms with Crippen molar-refractivity contribution >= 4 is 11.3 Å². The van der Waals surface area contributed by atoms with Crippen molar-refractivity contribution in [1.82, 2.24) is 10.3 Å². The van der Waals surface area contributed by atoms with Gasteiger partial charge in [-0.1, -0.05) is 0 Å². The lowest BCUT2D eigenvalue weighted by atomic mass is 10.2. The first-order valence-electron chi connectivity index (χ1n) is 5.20. The monoisotopic (exact) mass is 254 g/mol. The van der Waals surface area contributed by atoms with E-state index in [9.17, 15) is 8.78 Å². The van der Waals surface area contributed by atoms with Crippen LogP contribution in [0.4, 0.5) is 8.78 Å². The fourth-order valence-electron chi connectivity index (χ4n) is 1.42. The van der Waals surface area contributed by atoms with Gasteiger partial charge in [-0.25, -0.2) is 13.8 Å². The highest BCUT2D eigenvalue weighted by Crippen LogP contribution is 2.28. The molecule has 1 aromatic carbocycles. The van der Waals surface area contributed by atoms with Crippen molar-refractivity contribution < 1.29 is 8.78 Å². The maximum atomic E-state index is 13.5. The third-order valence-corrected chi connectivity index (χ3v) is 3.45. The van der Waals surface area contributed by atoms with Crippen LogP contribution in [0.5, 0.6) is 0 Å². The summed E-state index contributed by atoms with van der Waals surface area (Å²) in [5, 5.41) is 5.40. The van der Waals surface area contributed by atoms with Crippen LogP contribution in [0, 0.1) is 11.6 Å². The van der Waals surface area contributed by atoms with Crippen LogP contribution in [0.1, 0.15) is 18.7 Å². The molecule has 0 bridgehead atoms. The average Bonchev–Trinajstić information content (AvgIpc) is 2.80. The van der Waals surface area contributed by atoms with E-state index in [1.807, 2.05) is 19.4 Å². The van der Waals surface area contributed by atoms with E-state index in [4.69, 9.17) is 0 Å². The molecular formula is C12H12F2N2S. The Morgan fingerprint density at radius 3 is 2.82 bits per heavy atom. The third-order valence-electron chi connectivity index (χ3n) is 2.56. The summed E-state index contributed by atoms with van der Waals surface area (Å²) in [4.78, 5) is 4.30. The molecule has 2 rings (SSSR count). The van der Waals surface area contributed by atoms with Crippen LogP contribution in [0.2, 0.25) is 0 Å². The molecule has 0 fully saturated rings. The van der Waals surface area contributed by atoms with Crippen molar-refractivity contribution in [3.8, 4) is 10.6 Å². The molecule has 0 saturated heterocycles. The van der Waals surface area contributed by atoms with Gasteiger partial charge in [0.2, 0.25) is 0 Å². The van der Waals surface area contributed by atoms with Crippen LogP contribution >= 0.6 is 11.3 Å². The Kier molecular flexibility index (Phi) is 3.49. The van der Waals surface area contributed by atoms with Crippen LogP contribution in [0.25, 0.3) is 10.6 Å². The van der Waals surface area contributed by atoms with E-state index in [-0.39, 0.29) is 11.6 Å². The summed E-state index contributed by atoms with van der Waals surface area (Å²) in [6.07, 6.45) is 0. The molecule has 1 heterocycles. The molecule has 0 spiro atoms. The SMILES string of the molecule is CNC(C)c1csc(-c2cc(F)ccc2F)n1. The Morgan fingerprint density at radius 1 is 1.35 bits per heavy atom. The lowest BCUT2D eigenvalue weighted by Gasteiger charge is -2.05. The minimum absolute atomic E-state index is 0.0941. The summed E-state index contributed by atoms with van der Waals surface area (Å²) in [7, 11) is 1.83. The van der Waals surface area contributed by atoms with Crippen molar-refractivity contribution in [2.45, 2.75) is 13.0 Å². The normalized spacial score (nSPS) is 12.7. The molecule has 2 nitrogen and oxygen atoms in total. The largest absolute Gasteiger partial charge is 0.312 e. The van der Waals surface area contributed by atoms with Crippen LogP contribution in [-0.4, -0.2) is 12.0 Å². The maximum Gasteiger partial charge on any atom is 0.133 e. The van der Waals surface area contributed by atoms with Crippen molar-refractivity contribution in [3.05, 3.63) is 40.9 Å². The van der Waals surface area contributed by atoms with E-state index in [1.165, 1.54) is 17.4 Å². The summed E-state index contributed by atoms with van der Waals surface area (Å²) in [5.41, 5.74) is 1.04. The fourth-order valence-corrected chi connectivity index (χ4v) is 2.35. The zero-order chi connectivity index (χ0) is 12.4. The second-order valence-electron chi connectivity index (χ2n) is 3.71. The fraction of sp³-hybridized carbons (Fsp3) is 0.250. The van der Waals surface area contributed by atoms with Crippen molar-refractivity contribution in [1.29, 1.82) is 0 Å². The van der Waals surface area contributed by atoms with Crippen LogP contribution < -0.4 is 5.32 Å². The van der Waals surface area contributed by atoms with E-state index in [0.717, 1.165) is 17.8 Å². The zero-order valence-corrected chi connectivity index (χ0v) is 10.3. The van der Waals surface area contributed by atoms with Gasteiger partial charge in [-0.3, -0.25) is 0 Å². The molecule has 0 aliphatic heterocycles. The second-order valence-corrected chi connectivity index (χ2v) is 4.57. The number of hydrogen-bond acceptors (Lipinski definition) is 3. The molecule has 0 saturated carbocycles. The summed E-state index contributed by atoms with van der Waals surface area (Å²) >= 11 is 1.31. The summed E-state index contributed by atoms with van der Waals surface area (Å²) in [5.74, 6) is -0.913. The highest BCUT2D eigenvalue weighted by molar-refractivity contribution is 7.13. The summed E-state index contributed by atoms with van der Waals surface area (Å²) in [6, 6.07) is 3.48. The van der Waals surface area contributed by atoms with Gasteiger partial charge in [0, 0.05) is 17.0 Å². The highest BCUT2D eigenvalue weighted by atomic mass is 32.1. The first-order valence-corrected chi connectivity index (χ1v) is 6.08. The molecule has 17 heavy (non-hydrogen) atoms. The molecule has 1 aromatic heterocycles. The van der Waals surface area contributed by atoms with Crippen LogP contribution in [0.15, 0.2) is 23.6 Å². The quantitative estimate of drug-likeness (QED) is 0.908. The van der Waals surface area contributed by atoms with Crippen molar-refractivity contribution in [2.75, 3.05) is 7.05 Å². The molecule has 1 unspecified atom stereocenters. The van der Waals surface area contributed by atoms with Crippen molar-refractivity contribution in [3.63, 3.8) is 0 Å². The van der Waals surface area contributed by atoms with E-state index >= 15 is 0 Å². The molecule has 2 aromatic rings. The predicted molar refractivity (Wildman–Crippen MR) is 64.9 cm³/mol. The molecule has 0 aliphatic rings. The molecule has 90 valence electrons. The van der Waals surface area contributed by atoms with Gasteiger partial charge in [-0.05, 0) is 32.2 Å². The van der Waals surface area contributed by atoms with Gasteiger partial charge in [0.1, 0.15) is 16.6 Å². The standard InChI is InChI=1S/C12H12F2N2S/c1-7(15-2)11-6-17-12(16-11)9-5-8(13)3-4-10(9)14/h3-7,15H,1-2H3. The Bertz CT molecular complexity index is 525. The number of nitrogens with zero attached hydrogens (tertiary/aromatic N) is 1. The molecule has 0 radical (unpaired) electrons. The number of halogens is 2. The number of hydrogen-bond donors (Lipinski definition) is 1. The minimum Gasteiger partial charge on any atom is -0.312 e. The molecule has 0 aliphatic carbocycles. The average molecular weight is 254 g/mol. The van der Waals surface area contributed by atoms with Crippen molar-refractivity contribution in [2.24, 2.45) is 0 Å². The van der Waals surface area contributed by atoms with Crippen LogP contribution in [-0.2, 0) is 0 Å². The highest BCUT2D eigenvalue weighted by Gasteiger charge is 2.13. The maximum absolute atomic E-state index is 13.5. The molecular weight excluding hydrogens is 242 g/mol. The van der Waals surface area contributed by atoms with Gasteiger partial charge in [-0.15, -0.1) is 11.3 Å². The Balaban J connectivity index is 2.40. The van der Waals surface area contributed by atoms with Crippen LogP contribution in [0.3, 0.4) is 0 Å². The number of thiazole rings is 1. The summed E-state index contributed by atoms with van der Waals surface area (Å²) < 4.78 is 26.6. The Morgan fingerprint density at radius 2 is 2.12 bits per heavy atom. The minimum atomic E-state index is -0.459. The predicted octanol–water partition coefficient (Wildman–Crippen LogP) is 3.37. The Labute approximate surface area is 102 Å². The summed E-state index contributed by atoms with van der Waals surface area (Å²) in [6.45, 7) is 1.96. The van der Waals surface area contributed by atoms with E-state index in [2.05, 4.69) is 10.3 Å².